The first-order chi connectivity index (χ1) is 10.0. The zero-order valence-corrected chi connectivity index (χ0v) is 16.9. The topological polar surface area (TPSA) is 65.9 Å². The molecule has 1 saturated carbocycles. The van der Waals surface area contributed by atoms with Gasteiger partial charge in [0.15, 0.2) is 5.96 Å². The van der Waals surface area contributed by atoms with E-state index in [9.17, 15) is 5.11 Å². The van der Waals surface area contributed by atoms with Crippen LogP contribution in [-0.4, -0.2) is 49.0 Å². The molecule has 1 fully saturated rings. The van der Waals surface area contributed by atoms with Crippen molar-refractivity contribution >= 4 is 29.9 Å². The van der Waals surface area contributed by atoms with Gasteiger partial charge in [-0.1, -0.05) is 13.8 Å². The second-order valence-corrected chi connectivity index (χ2v) is 6.23. The summed E-state index contributed by atoms with van der Waals surface area (Å²) in [5.41, 5.74) is -0.561. The van der Waals surface area contributed by atoms with E-state index in [2.05, 4.69) is 29.5 Å². The average molecular weight is 427 g/mol. The Morgan fingerprint density at radius 3 is 2.41 bits per heavy atom. The molecule has 0 aromatic rings. The number of nitrogens with one attached hydrogen (secondary N) is 2. The number of hydrogen-bond donors (Lipinski definition) is 3. The van der Waals surface area contributed by atoms with Crippen LogP contribution in [0.25, 0.3) is 0 Å². The average Bonchev–Trinajstić information content (AvgIpc) is 2.41. The van der Waals surface area contributed by atoms with Crippen LogP contribution in [0, 0.1) is 5.92 Å². The maximum atomic E-state index is 10.1. The molecule has 1 rings (SSSR count). The van der Waals surface area contributed by atoms with E-state index < -0.39 is 5.60 Å². The van der Waals surface area contributed by atoms with E-state index in [0.29, 0.717) is 12.5 Å². The highest BCUT2D eigenvalue weighted by Gasteiger charge is 2.34. The third-order valence-electron chi connectivity index (χ3n) is 4.01. The van der Waals surface area contributed by atoms with Crippen LogP contribution in [0.4, 0.5) is 0 Å². The minimum atomic E-state index is -0.561. The molecule has 0 radical (unpaired) electrons. The number of hydrogen-bond acceptors (Lipinski definition) is 3. The largest absolute Gasteiger partial charge is 0.388 e. The normalized spacial score (nSPS) is 18.4. The van der Waals surface area contributed by atoms with E-state index in [1.807, 2.05) is 13.8 Å². The Labute approximate surface area is 152 Å². The Morgan fingerprint density at radius 1 is 1.27 bits per heavy atom. The maximum absolute atomic E-state index is 10.1. The van der Waals surface area contributed by atoms with E-state index in [1.54, 1.807) is 0 Å². The van der Waals surface area contributed by atoms with Gasteiger partial charge in [-0.25, -0.2) is 0 Å². The summed E-state index contributed by atoms with van der Waals surface area (Å²) in [6, 6.07) is 0. The molecular weight excluding hydrogens is 393 g/mol. The highest BCUT2D eigenvalue weighted by Crippen LogP contribution is 2.31. The van der Waals surface area contributed by atoms with Crippen molar-refractivity contribution < 1.29 is 9.84 Å². The molecule has 3 N–H and O–H groups in total. The zero-order valence-electron chi connectivity index (χ0n) is 14.5. The number of ether oxygens (including phenoxy) is 1. The van der Waals surface area contributed by atoms with Crippen LogP contribution in [0.5, 0.6) is 0 Å². The van der Waals surface area contributed by atoms with Gasteiger partial charge in [-0.2, -0.15) is 0 Å². The first kappa shape index (κ1) is 21.9. The molecule has 1 atom stereocenters. The van der Waals surface area contributed by atoms with Crippen molar-refractivity contribution in [1.82, 2.24) is 10.6 Å². The number of aliphatic hydroxyl groups is 1. The summed E-state index contributed by atoms with van der Waals surface area (Å²) >= 11 is 0. The van der Waals surface area contributed by atoms with Crippen LogP contribution in [0.2, 0.25) is 0 Å². The van der Waals surface area contributed by atoms with E-state index in [1.165, 1.54) is 0 Å². The molecule has 0 saturated heterocycles. The third-order valence-corrected chi connectivity index (χ3v) is 4.01. The van der Waals surface area contributed by atoms with E-state index in [-0.39, 0.29) is 30.1 Å². The molecule has 0 aliphatic heterocycles. The van der Waals surface area contributed by atoms with Gasteiger partial charge in [0.25, 0.3) is 0 Å². The van der Waals surface area contributed by atoms with Crippen molar-refractivity contribution in [2.75, 3.05) is 26.2 Å². The fraction of sp³-hybridized carbons (Fsp3) is 0.938. The third kappa shape index (κ3) is 7.97. The molecule has 6 heteroatoms. The monoisotopic (exact) mass is 427 g/mol. The Hall–Kier alpha value is -0.0800. The molecule has 1 aliphatic rings. The molecule has 0 amide bonds. The number of aliphatic imine (C=N–C) groups is 1. The summed E-state index contributed by atoms with van der Waals surface area (Å²) in [7, 11) is 0. The predicted molar refractivity (Wildman–Crippen MR) is 103 cm³/mol. The van der Waals surface area contributed by atoms with Gasteiger partial charge in [0, 0.05) is 19.7 Å². The summed E-state index contributed by atoms with van der Waals surface area (Å²) < 4.78 is 5.75. The molecule has 5 nitrogen and oxygen atoms in total. The summed E-state index contributed by atoms with van der Waals surface area (Å²) in [6.07, 6.45) is 4.09. The van der Waals surface area contributed by atoms with E-state index in [0.717, 1.165) is 51.3 Å². The lowest BCUT2D eigenvalue weighted by atomic mass is 9.80. The fourth-order valence-electron chi connectivity index (χ4n) is 2.47. The Morgan fingerprint density at radius 2 is 1.95 bits per heavy atom. The zero-order chi connectivity index (χ0) is 15.7. The Kier molecular flexibility index (Phi) is 11.4. The van der Waals surface area contributed by atoms with Crippen molar-refractivity contribution in [3.63, 3.8) is 0 Å². The van der Waals surface area contributed by atoms with Crippen molar-refractivity contribution in [1.29, 1.82) is 0 Å². The van der Waals surface area contributed by atoms with Crippen molar-refractivity contribution in [3.8, 4) is 0 Å². The van der Waals surface area contributed by atoms with Gasteiger partial charge in [0.1, 0.15) is 0 Å². The lowest BCUT2D eigenvalue weighted by Gasteiger charge is -2.35. The van der Waals surface area contributed by atoms with Crippen molar-refractivity contribution in [2.24, 2.45) is 10.9 Å². The van der Waals surface area contributed by atoms with Gasteiger partial charge in [-0.3, -0.25) is 4.99 Å². The van der Waals surface area contributed by atoms with Crippen LogP contribution in [0.15, 0.2) is 4.99 Å². The van der Waals surface area contributed by atoms with Gasteiger partial charge in [0.2, 0.25) is 0 Å². The molecule has 0 aromatic heterocycles. The Balaban J connectivity index is 0.00000441. The van der Waals surface area contributed by atoms with Crippen LogP contribution in [0.3, 0.4) is 0 Å². The van der Waals surface area contributed by atoms with Gasteiger partial charge in [-0.05, 0) is 45.4 Å². The second-order valence-electron chi connectivity index (χ2n) is 6.23. The maximum Gasteiger partial charge on any atom is 0.191 e. The van der Waals surface area contributed by atoms with Gasteiger partial charge in [0.05, 0.1) is 18.2 Å². The van der Waals surface area contributed by atoms with Crippen molar-refractivity contribution in [3.05, 3.63) is 0 Å². The molecule has 0 aromatic carbocycles. The van der Waals surface area contributed by atoms with Gasteiger partial charge < -0.3 is 20.5 Å². The summed E-state index contributed by atoms with van der Waals surface area (Å²) in [4.78, 5) is 4.50. The molecule has 0 bridgehead atoms. The number of rotatable bonds is 9. The van der Waals surface area contributed by atoms with E-state index in [4.69, 9.17) is 4.74 Å². The quantitative estimate of drug-likeness (QED) is 0.301. The molecule has 1 aliphatic carbocycles. The molecule has 22 heavy (non-hydrogen) atoms. The highest BCUT2D eigenvalue weighted by atomic mass is 127. The lowest BCUT2D eigenvalue weighted by Crippen LogP contribution is -2.43. The number of nitrogens with zero attached hydrogens (tertiary/aromatic N) is 1. The minimum absolute atomic E-state index is 0. The molecular formula is C16H34IN3O2. The van der Waals surface area contributed by atoms with Crippen LogP contribution in [0.1, 0.15) is 53.4 Å². The second kappa shape index (κ2) is 11.5. The smallest absolute Gasteiger partial charge is 0.191 e. The lowest BCUT2D eigenvalue weighted by molar-refractivity contribution is -0.0236. The first-order valence-electron chi connectivity index (χ1n) is 8.37. The van der Waals surface area contributed by atoms with Gasteiger partial charge >= 0.3 is 0 Å². The molecule has 0 spiro atoms. The highest BCUT2D eigenvalue weighted by molar-refractivity contribution is 14.0. The first-order valence-corrected chi connectivity index (χ1v) is 8.37. The predicted octanol–water partition coefficient (Wildman–Crippen LogP) is 2.53. The minimum Gasteiger partial charge on any atom is -0.388 e. The molecule has 0 heterocycles. The van der Waals surface area contributed by atoms with Crippen LogP contribution in [-0.2, 0) is 4.74 Å². The summed E-state index contributed by atoms with van der Waals surface area (Å²) in [5, 5.41) is 16.7. The standard InChI is InChI=1S/C16H33N3O2.HI/c1-5-17-15(19-12-16(20)9-7-10-16)18-11-8-14(13(3)4)21-6-2;/h13-14,20H,5-12H2,1-4H3,(H2,17,18,19);1H. The summed E-state index contributed by atoms with van der Waals surface area (Å²) in [6.45, 7) is 11.3. The van der Waals surface area contributed by atoms with Crippen LogP contribution >= 0.6 is 24.0 Å². The molecule has 1 unspecified atom stereocenters. The molecule has 132 valence electrons. The Bertz CT molecular complexity index is 321. The summed E-state index contributed by atoms with van der Waals surface area (Å²) in [5.74, 6) is 1.30. The SMILES string of the molecule is CCNC(=NCC1(O)CCC1)NCCC(OCC)C(C)C.I. The van der Waals surface area contributed by atoms with E-state index >= 15 is 0 Å². The van der Waals surface area contributed by atoms with Crippen LogP contribution < -0.4 is 10.6 Å². The van der Waals surface area contributed by atoms with Crippen molar-refractivity contribution in [2.45, 2.75) is 65.1 Å². The van der Waals surface area contributed by atoms with Gasteiger partial charge in [-0.15, -0.1) is 24.0 Å². The number of guanidine groups is 1. The number of halogens is 1. The fourth-order valence-corrected chi connectivity index (χ4v) is 2.47.